The van der Waals surface area contributed by atoms with Crippen molar-refractivity contribution in [1.82, 2.24) is 20.2 Å². The monoisotopic (exact) mass is 487 g/mol. The van der Waals surface area contributed by atoms with Crippen LogP contribution < -0.4 is 15.1 Å². The number of nitrogens with zero attached hydrogens (tertiary/aromatic N) is 6. The van der Waals surface area contributed by atoms with E-state index in [1.165, 1.54) is 0 Å². The first-order valence-electron chi connectivity index (χ1n) is 11.7. The Kier molecular flexibility index (Phi) is 7.40. The second-order valence-corrected chi connectivity index (χ2v) is 8.90. The molecule has 3 heterocycles. The minimum Gasteiger partial charge on any atom is -0.354 e. The van der Waals surface area contributed by atoms with E-state index in [-0.39, 0.29) is 17.5 Å². The van der Waals surface area contributed by atoms with Crippen LogP contribution in [0.15, 0.2) is 30.3 Å². The van der Waals surface area contributed by atoms with Crippen LogP contribution in [0.4, 0.5) is 24.8 Å². The fourth-order valence-electron chi connectivity index (χ4n) is 4.40. The van der Waals surface area contributed by atoms with E-state index in [4.69, 9.17) is 5.26 Å². The summed E-state index contributed by atoms with van der Waals surface area (Å²) in [5.41, 5.74) is 1.55. The van der Waals surface area contributed by atoms with E-state index >= 15 is 0 Å². The van der Waals surface area contributed by atoms with Gasteiger partial charge in [-0.05, 0) is 44.0 Å². The number of likely N-dealkylation sites (N-methyl/N-ethyl adjacent to an activating group) is 1. The summed E-state index contributed by atoms with van der Waals surface area (Å²) in [6.07, 6.45) is -2.87. The van der Waals surface area contributed by atoms with Crippen LogP contribution in [-0.4, -0.2) is 73.1 Å². The van der Waals surface area contributed by atoms with E-state index < -0.39 is 18.0 Å². The summed E-state index contributed by atoms with van der Waals surface area (Å²) in [5, 5.41) is 11.8. The number of piperazine rings is 1. The quantitative estimate of drug-likeness (QED) is 0.670. The fourth-order valence-corrected chi connectivity index (χ4v) is 4.40. The number of rotatable bonds is 6. The number of hydrogen-bond acceptors (Lipinski definition) is 7. The number of nitrogens with one attached hydrogen (secondary N) is 1. The summed E-state index contributed by atoms with van der Waals surface area (Å²) in [7, 11) is 1.97. The Bertz CT molecular complexity index is 1080. The van der Waals surface area contributed by atoms with Gasteiger partial charge in [-0.3, -0.25) is 4.79 Å². The molecule has 2 aromatic rings. The molecule has 1 atom stereocenters. The fraction of sp³-hybridized carbons (Fsp3) is 0.500. The maximum Gasteiger partial charge on any atom is 0.451 e. The lowest BCUT2D eigenvalue weighted by Crippen LogP contribution is -2.46. The van der Waals surface area contributed by atoms with Crippen molar-refractivity contribution in [3.8, 4) is 6.07 Å². The van der Waals surface area contributed by atoms with Crippen LogP contribution in [0.1, 0.15) is 29.8 Å². The minimum atomic E-state index is -4.68. The Morgan fingerprint density at radius 3 is 2.46 bits per heavy atom. The average Bonchev–Trinajstić information content (AvgIpc) is 3.34. The van der Waals surface area contributed by atoms with Crippen LogP contribution in [0.2, 0.25) is 0 Å². The van der Waals surface area contributed by atoms with Crippen molar-refractivity contribution in [3.63, 3.8) is 0 Å². The molecule has 0 bridgehead atoms. The molecule has 11 heteroatoms. The normalized spacial score (nSPS) is 19.0. The van der Waals surface area contributed by atoms with E-state index in [9.17, 15) is 18.0 Å². The zero-order chi connectivity index (χ0) is 25.0. The smallest absolute Gasteiger partial charge is 0.354 e. The molecule has 1 N–H and O–H groups in total. The summed E-state index contributed by atoms with van der Waals surface area (Å²) in [4.78, 5) is 26.2. The van der Waals surface area contributed by atoms with Gasteiger partial charge in [0.15, 0.2) is 0 Å². The summed E-state index contributed by atoms with van der Waals surface area (Å²) in [5.74, 6) is -1.05. The van der Waals surface area contributed by atoms with Gasteiger partial charge < -0.3 is 20.0 Å². The summed E-state index contributed by atoms with van der Waals surface area (Å²) in [6, 6.07) is 10.2. The van der Waals surface area contributed by atoms with Crippen LogP contribution in [-0.2, 0) is 17.4 Å². The van der Waals surface area contributed by atoms with Gasteiger partial charge in [0.2, 0.25) is 11.7 Å². The van der Waals surface area contributed by atoms with Gasteiger partial charge in [-0.2, -0.15) is 18.4 Å². The van der Waals surface area contributed by atoms with Crippen LogP contribution in [0, 0.1) is 11.3 Å². The number of carbonyl (C=O) groups is 1. The molecule has 4 rings (SSSR count). The highest BCUT2D eigenvalue weighted by Crippen LogP contribution is 2.33. The molecule has 1 amide bonds. The molecule has 2 aliphatic rings. The van der Waals surface area contributed by atoms with Gasteiger partial charge in [0, 0.05) is 45.3 Å². The molecule has 1 aromatic heterocycles. The zero-order valence-electron chi connectivity index (χ0n) is 19.6. The van der Waals surface area contributed by atoms with E-state index in [0.29, 0.717) is 51.0 Å². The van der Waals surface area contributed by atoms with Gasteiger partial charge >= 0.3 is 6.18 Å². The Morgan fingerprint density at radius 1 is 1.11 bits per heavy atom. The molecule has 8 nitrogen and oxygen atoms in total. The molecule has 0 saturated carbocycles. The lowest BCUT2D eigenvalue weighted by Gasteiger charge is -2.34. The number of nitriles is 1. The molecule has 0 unspecified atom stereocenters. The predicted octanol–water partition coefficient (Wildman–Crippen LogP) is 2.45. The van der Waals surface area contributed by atoms with Crippen molar-refractivity contribution in [2.75, 3.05) is 56.1 Å². The molecule has 2 fully saturated rings. The van der Waals surface area contributed by atoms with Gasteiger partial charge in [-0.15, -0.1) is 0 Å². The number of benzene rings is 1. The molecule has 2 aliphatic heterocycles. The number of alkyl halides is 3. The van der Waals surface area contributed by atoms with Gasteiger partial charge in [0.25, 0.3) is 0 Å². The Balaban J connectivity index is 1.47. The van der Waals surface area contributed by atoms with Crippen molar-refractivity contribution in [2.24, 2.45) is 0 Å². The predicted molar refractivity (Wildman–Crippen MR) is 125 cm³/mol. The summed E-state index contributed by atoms with van der Waals surface area (Å²) in [6.45, 7) is 3.44. The standard InChI is InChI=1S/C24H28F3N7O/c1-32-11-13-33(14-12-32)20-15-21(31-23(30-20)24(25,26)27)34-10-2-3-19(34)22(35)29-9-8-17-4-6-18(16-28)7-5-17/h4-7,15,19H,2-3,8-14H2,1H3,(H,29,35)/t19-/m0/s1. The number of hydrogen-bond donors (Lipinski definition) is 1. The first kappa shape index (κ1) is 24.7. The molecule has 0 aliphatic carbocycles. The van der Waals surface area contributed by atoms with E-state index in [1.54, 1.807) is 23.1 Å². The SMILES string of the molecule is CN1CCN(c2cc(N3CCC[C@H]3C(=O)NCCc3ccc(C#N)cc3)nc(C(F)(F)F)n2)CC1. The van der Waals surface area contributed by atoms with Crippen molar-refractivity contribution in [1.29, 1.82) is 5.26 Å². The number of amides is 1. The Hall–Kier alpha value is -3.39. The van der Waals surface area contributed by atoms with Crippen LogP contribution >= 0.6 is 0 Å². The third-order valence-electron chi connectivity index (χ3n) is 6.43. The van der Waals surface area contributed by atoms with Crippen molar-refractivity contribution < 1.29 is 18.0 Å². The zero-order valence-corrected chi connectivity index (χ0v) is 19.6. The summed E-state index contributed by atoms with van der Waals surface area (Å²) >= 11 is 0. The van der Waals surface area contributed by atoms with Crippen LogP contribution in [0.3, 0.4) is 0 Å². The molecular formula is C24H28F3N7O. The number of anilines is 2. The molecular weight excluding hydrogens is 459 g/mol. The van der Waals surface area contributed by atoms with E-state index in [2.05, 4.69) is 26.3 Å². The third kappa shape index (κ3) is 6.00. The van der Waals surface area contributed by atoms with Gasteiger partial charge in [0.05, 0.1) is 11.6 Å². The van der Waals surface area contributed by atoms with Crippen LogP contribution in [0.25, 0.3) is 0 Å². The second-order valence-electron chi connectivity index (χ2n) is 8.90. The first-order chi connectivity index (χ1) is 16.7. The van der Waals surface area contributed by atoms with Crippen molar-refractivity contribution in [2.45, 2.75) is 31.5 Å². The molecule has 2 saturated heterocycles. The average molecular weight is 488 g/mol. The molecule has 35 heavy (non-hydrogen) atoms. The summed E-state index contributed by atoms with van der Waals surface area (Å²) < 4.78 is 40.9. The number of halogens is 3. The Labute approximate surface area is 202 Å². The maximum atomic E-state index is 13.6. The van der Waals surface area contributed by atoms with Crippen LogP contribution in [0.5, 0.6) is 0 Å². The molecule has 0 radical (unpaired) electrons. The van der Waals surface area contributed by atoms with Gasteiger partial charge in [0.1, 0.15) is 17.7 Å². The third-order valence-corrected chi connectivity index (χ3v) is 6.43. The highest BCUT2D eigenvalue weighted by atomic mass is 19.4. The largest absolute Gasteiger partial charge is 0.451 e. The topological polar surface area (TPSA) is 88.4 Å². The number of carbonyl (C=O) groups excluding carboxylic acids is 1. The maximum absolute atomic E-state index is 13.6. The highest BCUT2D eigenvalue weighted by Gasteiger charge is 2.38. The van der Waals surface area contributed by atoms with Gasteiger partial charge in [-0.1, -0.05) is 12.1 Å². The van der Waals surface area contributed by atoms with Gasteiger partial charge in [-0.25, -0.2) is 9.97 Å². The molecule has 1 aromatic carbocycles. The minimum absolute atomic E-state index is 0.131. The molecule has 186 valence electrons. The highest BCUT2D eigenvalue weighted by molar-refractivity contribution is 5.85. The lowest BCUT2D eigenvalue weighted by atomic mass is 10.1. The second kappa shape index (κ2) is 10.5. The molecule has 0 spiro atoms. The lowest BCUT2D eigenvalue weighted by molar-refractivity contribution is -0.144. The van der Waals surface area contributed by atoms with Crippen molar-refractivity contribution in [3.05, 3.63) is 47.3 Å². The number of aromatic nitrogens is 2. The van der Waals surface area contributed by atoms with Crippen molar-refractivity contribution >= 4 is 17.5 Å². The van der Waals surface area contributed by atoms with E-state index in [1.807, 2.05) is 24.1 Å². The Morgan fingerprint density at radius 2 is 1.80 bits per heavy atom. The van der Waals surface area contributed by atoms with E-state index in [0.717, 1.165) is 18.7 Å². The first-order valence-corrected chi connectivity index (χ1v) is 11.7.